The van der Waals surface area contributed by atoms with Gasteiger partial charge in [-0.1, -0.05) is 54.6 Å². The highest BCUT2D eigenvalue weighted by atomic mass is 16.3. The third kappa shape index (κ3) is 3.57. The molecular weight excluding hydrogens is 390 g/mol. The molecule has 1 atom stereocenters. The van der Waals surface area contributed by atoms with Crippen LogP contribution in [0.5, 0.6) is 5.75 Å². The van der Waals surface area contributed by atoms with Crippen LogP contribution in [0.2, 0.25) is 0 Å². The molecule has 5 rings (SSSR count). The zero-order valence-corrected chi connectivity index (χ0v) is 16.5. The maximum Gasteiger partial charge on any atom is 0.292 e. The van der Waals surface area contributed by atoms with Crippen molar-refractivity contribution in [3.05, 3.63) is 102 Å². The lowest BCUT2D eigenvalue weighted by molar-refractivity contribution is 0.0703. The average molecular weight is 409 g/mol. The molecule has 0 bridgehead atoms. The lowest BCUT2D eigenvalue weighted by atomic mass is 9.98. The molecule has 1 aliphatic heterocycles. The number of aromatic hydroxyl groups is 1. The van der Waals surface area contributed by atoms with Crippen molar-refractivity contribution in [2.45, 2.75) is 12.5 Å². The van der Waals surface area contributed by atoms with Crippen molar-refractivity contribution in [2.24, 2.45) is 5.10 Å². The number of nitrogens with one attached hydrogen (secondary N) is 1. The molecule has 1 unspecified atom stereocenters. The molecule has 0 fully saturated rings. The molecule has 0 spiro atoms. The van der Waals surface area contributed by atoms with Crippen LogP contribution in [0.15, 0.2) is 90.3 Å². The van der Waals surface area contributed by atoms with Gasteiger partial charge in [0.05, 0.1) is 17.4 Å². The fraction of sp³-hybridized carbons (Fsp3) is 0.0833. The maximum atomic E-state index is 13.4. The third-order valence-electron chi connectivity index (χ3n) is 5.29. The molecule has 7 heteroatoms. The Balaban J connectivity index is 1.52. The number of hydrogen-bond acceptors (Lipinski definition) is 5. The summed E-state index contributed by atoms with van der Waals surface area (Å²) in [7, 11) is 0. The highest BCUT2D eigenvalue weighted by molar-refractivity contribution is 6.04. The van der Waals surface area contributed by atoms with Crippen molar-refractivity contribution in [3.63, 3.8) is 0 Å². The molecule has 0 saturated heterocycles. The van der Waals surface area contributed by atoms with Crippen molar-refractivity contribution < 1.29 is 9.90 Å². The van der Waals surface area contributed by atoms with E-state index in [-0.39, 0.29) is 11.7 Å². The van der Waals surface area contributed by atoms with Gasteiger partial charge in [-0.15, -0.1) is 0 Å². The Labute approximate surface area is 178 Å². The van der Waals surface area contributed by atoms with Crippen LogP contribution < -0.4 is 0 Å². The Kier molecular flexibility index (Phi) is 4.76. The first-order chi connectivity index (χ1) is 15.2. The normalized spacial score (nSPS) is 15.7. The lowest BCUT2D eigenvalue weighted by Crippen LogP contribution is -2.27. The summed E-state index contributed by atoms with van der Waals surface area (Å²) < 4.78 is 0. The standard InChI is InChI=1S/C24H19N5O2/c30-23-11-5-4-10-18(23)22-14-20(17-9-6-12-25-15-17)28-29(22)24(31)21-13-19(26-27-21)16-7-2-1-3-8-16/h1-13,15,22,30H,14H2,(H,26,27). The summed E-state index contributed by atoms with van der Waals surface area (Å²) in [5.41, 5.74) is 4.14. The summed E-state index contributed by atoms with van der Waals surface area (Å²) in [5.74, 6) is -0.190. The van der Waals surface area contributed by atoms with Crippen LogP contribution in [0, 0.1) is 0 Å². The molecule has 0 saturated carbocycles. The van der Waals surface area contributed by atoms with Gasteiger partial charge in [0, 0.05) is 35.5 Å². The SMILES string of the molecule is O=C(c1cc(-c2ccccc2)n[nH]1)N1N=C(c2cccnc2)CC1c1ccccc1O. The topological polar surface area (TPSA) is 94.5 Å². The number of hydrazone groups is 1. The molecule has 7 nitrogen and oxygen atoms in total. The summed E-state index contributed by atoms with van der Waals surface area (Å²) in [6.45, 7) is 0. The van der Waals surface area contributed by atoms with Gasteiger partial charge in [-0.3, -0.25) is 14.9 Å². The molecule has 2 N–H and O–H groups in total. The average Bonchev–Trinajstić information content (AvgIpc) is 3.48. The molecule has 3 heterocycles. The number of carbonyl (C=O) groups excluding carboxylic acids is 1. The van der Waals surface area contributed by atoms with Crippen molar-refractivity contribution in [3.8, 4) is 17.0 Å². The molecule has 1 aliphatic rings. The van der Waals surface area contributed by atoms with Crippen LogP contribution in [0.25, 0.3) is 11.3 Å². The smallest absolute Gasteiger partial charge is 0.292 e. The largest absolute Gasteiger partial charge is 0.508 e. The molecule has 152 valence electrons. The first-order valence-electron chi connectivity index (χ1n) is 9.91. The van der Waals surface area contributed by atoms with Crippen molar-refractivity contribution in [1.82, 2.24) is 20.2 Å². The number of rotatable bonds is 4. The fourth-order valence-corrected chi connectivity index (χ4v) is 3.73. The third-order valence-corrected chi connectivity index (χ3v) is 5.29. The molecule has 0 radical (unpaired) electrons. The van der Waals surface area contributed by atoms with Gasteiger partial charge in [-0.2, -0.15) is 10.2 Å². The number of benzene rings is 2. The first kappa shape index (κ1) is 18.7. The van der Waals surface area contributed by atoms with Crippen LogP contribution in [-0.4, -0.2) is 36.9 Å². The summed E-state index contributed by atoms with van der Waals surface area (Å²) in [6, 6.07) is 21.7. The van der Waals surface area contributed by atoms with E-state index in [1.165, 1.54) is 5.01 Å². The molecule has 2 aromatic heterocycles. The quantitative estimate of drug-likeness (QED) is 0.529. The second-order valence-electron chi connectivity index (χ2n) is 7.25. The summed E-state index contributed by atoms with van der Waals surface area (Å²) in [4.78, 5) is 17.6. The minimum atomic E-state index is -0.438. The van der Waals surface area contributed by atoms with E-state index in [0.717, 1.165) is 16.8 Å². The zero-order valence-electron chi connectivity index (χ0n) is 16.5. The number of H-pyrrole nitrogens is 1. The van der Waals surface area contributed by atoms with E-state index in [0.29, 0.717) is 23.4 Å². The highest BCUT2D eigenvalue weighted by Gasteiger charge is 2.35. The molecule has 1 amide bonds. The Bertz CT molecular complexity index is 1250. The number of carbonyl (C=O) groups is 1. The Hall–Kier alpha value is -4.26. The van der Waals surface area contributed by atoms with Crippen LogP contribution >= 0.6 is 0 Å². The molecule has 31 heavy (non-hydrogen) atoms. The number of hydrogen-bond donors (Lipinski definition) is 2. The minimum absolute atomic E-state index is 0.127. The Morgan fingerprint density at radius 3 is 2.55 bits per heavy atom. The van der Waals surface area contributed by atoms with E-state index in [9.17, 15) is 9.90 Å². The van der Waals surface area contributed by atoms with Gasteiger partial charge in [0.2, 0.25) is 0 Å². The predicted octanol–water partition coefficient (Wildman–Crippen LogP) is 4.17. The summed E-state index contributed by atoms with van der Waals surface area (Å²) >= 11 is 0. The molecule has 2 aromatic carbocycles. The number of aromatic nitrogens is 3. The molecule has 4 aromatic rings. The first-order valence-corrected chi connectivity index (χ1v) is 9.91. The fourth-order valence-electron chi connectivity index (χ4n) is 3.73. The number of phenols is 1. The van der Waals surface area contributed by atoms with Gasteiger partial charge in [0.25, 0.3) is 5.91 Å². The summed E-state index contributed by atoms with van der Waals surface area (Å²) in [6.07, 6.45) is 3.88. The van der Waals surface area contributed by atoms with Crippen LogP contribution in [0.1, 0.15) is 34.1 Å². The number of para-hydroxylation sites is 1. The number of amides is 1. The van der Waals surface area contributed by atoms with E-state index in [1.54, 1.807) is 30.6 Å². The number of nitrogens with zero attached hydrogens (tertiary/aromatic N) is 4. The van der Waals surface area contributed by atoms with Gasteiger partial charge in [-0.05, 0) is 18.2 Å². The van der Waals surface area contributed by atoms with Crippen molar-refractivity contribution in [1.29, 1.82) is 0 Å². The van der Waals surface area contributed by atoms with E-state index < -0.39 is 6.04 Å². The Morgan fingerprint density at radius 1 is 1.00 bits per heavy atom. The van der Waals surface area contributed by atoms with Gasteiger partial charge < -0.3 is 5.11 Å². The maximum absolute atomic E-state index is 13.4. The predicted molar refractivity (Wildman–Crippen MR) is 116 cm³/mol. The number of phenolic OH excluding ortho intramolecular Hbond substituents is 1. The van der Waals surface area contributed by atoms with E-state index >= 15 is 0 Å². The second kappa shape index (κ2) is 7.87. The van der Waals surface area contributed by atoms with Gasteiger partial charge in [0.15, 0.2) is 0 Å². The van der Waals surface area contributed by atoms with Crippen LogP contribution in [-0.2, 0) is 0 Å². The van der Waals surface area contributed by atoms with E-state index in [2.05, 4.69) is 20.3 Å². The zero-order chi connectivity index (χ0) is 21.2. The van der Waals surface area contributed by atoms with Crippen LogP contribution in [0.3, 0.4) is 0 Å². The van der Waals surface area contributed by atoms with Gasteiger partial charge in [-0.25, -0.2) is 5.01 Å². The van der Waals surface area contributed by atoms with Gasteiger partial charge in [0.1, 0.15) is 11.4 Å². The number of pyridine rings is 1. The van der Waals surface area contributed by atoms with Crippen molar-refractivity contribution >= 4 is 11.6 Å². The van der Waals surface area contributed by atoms with E-state index in [4.69, 9.17) is 0 Å². The second-order valence-corrected chi connectivity index (χ2v) is 7.25. The highest BCUT2D eigenvalue weighted by Crippen LogP contribution is 2.37. The van der Waals surface area contributed by atoms with Gasteiger partial charge >= 0.3 is 0 Å². The van der Waals surface area contributed by atoms with Crippen LogP contribution in [0.4, 0.5) is 0 Å². The molecular formula is C24H19N5O2. The summed E-state index contributed by atoms with van der Waals surface area (Å²) in [5, 5.41) is 23.6. The number of aromatic amines is 1. The monoisotopic (exact) mass is 409 g/mol. The Morgan fingerprint density at radius 2 is 1.77 bits per heavy atom. The lowest BCUT2D eigenvalue weighted by Gasteiger charge is -2.22. The molecule has 0 aliphatic carbocycles. The van der Waals surface area contributed by atoms with Crippen molar-refractivity contribution in [2.75, 3.05) is 0 Å². The minimum Gasteiger partial charge on any atom is -0.508 e. The van der Waals surface area contributed by atoms with E-state index in [1.807, 2.05) is 54.6 Å².